The third-order valence-corrected chi connectivity index (χ3v) is 2.85. The summed E-state index contributed by atoms with van der Waals surface area (Å²) in [6, 6.07) is 1.09. The topological polar surface area (TPSA) is 116 Å². The maximum Gasteiger partial charge on any atom is 0.314 e. The van der Waals surface area contributed by atoms with Crippen LogP contribution in [0.1, 0.15) is 12.0 Å². The third-order valence-electron chi connectivity index (χ3n) is 2.85. The van der Waals surface area contributed by atoms with Gasteiger partial charge in [0.1, 0.15) is 17.8 Å². The van der Waals surface area contributed by atoms with Crippen LogP contribution in [0.2, 0.25) is 0 Å². The minimum absolute atomic E-state index is 0.150. The molecule has 8 heteroatoms. The molecule has 1 saturated heterocycles. The number of hydrogen-bond donors (Lipinski definition) is 3. The Morgan fingerprint density at radius 2 is 1.94 bits per heavy atom. The number of nitrogens with two attached hydrogens (primary N) is 1. The molecule has 2 rings (SSSR count). The Labute approximate surface area is 104 Å². The van der Waals surface area contributed by atoms with Gasteiger partial charge in [-0.05, 0) is 0 Å². The second kappa shape index (κ2) is 5.15. The van der Waals surface area contributed by atoms with Crippen molar-refractivity contribution in [2.24, 2.45) is 5.73 Å². The SMILES string of the molecule is NC(=O)N1CCN(c2cc(C(O)O)ncn2)CC1. The summed E-state index contributed by atoms with van der Waals surface area (Å²) in [5, 5.41) is 18.1. The smallest absolute Gasteiger partial charge is 0.314 e. The van der Waals surface area contributed by atoms with E-state index in [9.17, 15) is 4.79 Å². The maximum absolute atomic E-state index is 11.0. The highest BCUT2D eigenvalue weighted by Crippen LogP contribution is 2.16. The highest BCUT2D eigenvalue weighted by molar-refractivity contribution is 5.72. The van der Waals surface area contributed by atoms with E-state index in [2.05, 4.69) is 9.97 Å². The van der Waals surface area contributed by atoms with Gasteiger partial charge in [0.2, 0.25) is 0 Å². The number of nitrogens with zero attached hydrogens (tertiary/aromatic N) is 4. The summed E-state index contributed by atoms with van der Waals surface area (Å²) in [5.41, 5.74) is 5.34. The molecule has 0 radical (unpaired) electrons. The van der Waals surface area contributed by atoms with Gasteiger partial charge < -0.3 is 25.7 Å². The van der Waals surface area contributed by atoms with E-state index in [1.165, 1.54) is 12.4 Å². The first kappa shape index (κ1) is 12.5. The fraction of sp³-hybridized carbons (Fsp3) is 0.500. The average molecular weight is 253 g/mol. The van der Waals surface area contributed by atoms with Crippen LogP contribution >= 0.6 is 0 Å². The van der Waals surface area contributed by atoms with Gasteiger partial charge in [-0.25, -0.2) is 14.8 Å². The number of hydrogen-bond acceptors (Lipinski definition) is 6. The van der Waals surface area contributed by atoms with Crippen LogP contribution in [0.5, 0.6) is 0 Å². The number of primary amides is 1. The van der Waals surface area contributed by atoms with Gasteiger partial charge in [-0.3, -0.25) is 0 Å². The Bertz CT molecular complexity index is 431. The molecule has 1 aromatic heterocycles. The molecular formula is C10H15N5O3. The van der Waals surface area contributed by atoms with Crippen LogP contribution < -0.4 is 10.6 Å². The highest BCUT2D eigenvalue weighted by atomic mass is 16.5. The van der Waals surface area contributed by atoms with Crippen LogP contribution in [0.4, 0.5) is 10.6 Å². The van der Waals surface area contributed by atoms with Crippen LogP contribution in [0, 0.1) is 0 Å². The Balaban J connectivity index is 2.05. The molecule has 18 heavy (non-hydrogen) atoms. The average Bonchev–Trinajstić information content (AvgIpc) is 2.39. The number of amides is 2. The molecule has 0 aliphatic carbocycles. The molecular weight excluding hydrogens is 238 g/mol. The molecule has 0 aromatic carbocycles. The number of carbonyl (C=O) groups is 1. The summed E-state index contributed by atoms with van der Waals surface area (Å²) < 4.78 is 0. The Hall–Kier alpha value is -1.93. The van der Waals surface area contributed by atoms with Crippen molar-refractivity contribution in [1.82, 2.24) is 14.9 Å². The second-order valence-electron chi connectivity index (χ2n) is 3.99. The van der Waals surface area contributed by atoms with Crippen LogP contribution in [0.3, 0.4) is 0 Å². The quantitative estimate of drug-likeness (QED) is 0.562. The number of rotatable bonds is 2. The van der Waals surface area contributed by atoms with E-state index >= 15 is 0 Å². The van der Waals surface area contributed by atoms with Crippen molar-refractivity contribution in [2.45, 2.75) is 6.29 Å². The number of aromatic nitrogens is 2. The van der Waals surface area contributed by atoms with Crippen molar-refractivity contribution in [3.05, 3.63) is 18.1 Å². The molecule has 0 spiro atoms. The van der Waals surface area contributed by atoms with Crippen LogP contribution in [0.25, 0.3) is 0 Å². The minimum atomic E-state index is -1.61. The zero-order valence-corrected chi connectivity index (χ0v) is 9.73. The molecule has 0 saturated carbocycles. The lowest BCUT2D eigenvalue weighted by molar-refractivity contribution is -0.0459. The number of carbonyl (C=O) groups excluding carboxylic acids is 1. The normalized spacial score (nSPS) is 16.2. The van der Waals surface area contributed by atoms with Gasteiger partial charge in [0.25, 0.3) is 0 Å². The van der Waals surface area contributed by atoms with E-state index in [4.69, 9.17) is 15.9 Å². The molecule has 98 valence electrons. The lowest BCUT2D eigenvalue weighted by atomic mass is 10.3. The predicted molar refractivity (Wildman–Crippen MR) is 62.6 cm³/mol. The first-order valence-corrected chi connectivity index (χ1v) is 5.55. The van der Waals surface area contributed by atoms with Gasteiger partial charge in [0, 0.05) is 32.2 Å². The molecule has 1 aliphatic heterocycles. The monoisotopic (exact) mass is 253 g/mol. The van der Waals surface area contributed by atoms with Gasteiger partial charge in [0.15, 0.2) is 6.29 Å². The van der Waals surface area contributed by atoms with E-state index < -0.39 is 12.3 Å². The summed E-state index contributed by atoms with van der Waals surface area (Å²) in [6.45, 7) is 2.24. The summed E-state index contributed by atoms with van der Waals surface area (Å²) >= 11 is 0. The summed E-state index contributed by atoms with van der Waals surface area (Å²) in [6.07, 6.45) is -0.330. The van der Waals surface area contributed by atoms with Crippen molar-refractivity contribution in [2.75, 3.05) is 31.1 Å². The number of urea groups is 1. The summed E-state index contributed by atoms with van der Waals surface area (Å²) in [7, 11) is 0. The van der Waals surface area contributed by atoms with Gasteiger partial charge in [-0.15, -0.1) is 0 Å². The van der Waals surface area contributed by atoms with Crippen LogP contribution in [-0.4, -0.2) is 57.3 Å². The van der Waals surface area contributed by atoms with Crippen molar-refractivity contribution < 1.29 is 15.0 Å². The van der Waals surface area contributed by atoms with Crippen molar-refractivity contribution >= 4 is 11.8 Å². The zero-order chi connectivity index (χ0) is 13.1. The molecule has 0 atom stereocenters. The van der Waals surface area contributed by atoms with E-state index in [-0.39, 0.29) is 5.69 Å². The van der Waals surface area contributed by atoms with Crippen molar-refractivity contribution in [3.8, 4) is 0 Å². The predicted octanol–water partition coefficient (Wildman–Crippen LogP) is -1.34. The number of aliphatic hydroxyl groups is 2. The van der Waals surface area contributed by atoms with Crippen LogP contribution in [-0.2, 0) is 0 Å². The fourth-order valence-corrected chi connectivity index (χ4v) is 1.83. The molecule has 4 N–H and O–H groups in total. The van der Waals surface area contributed by atoms with Gasteiger partial charge in [-0.2, -0.15) is 0 Å². The summed E-state index contributed by atoms with van der Waals surface area (Å²) in [4.78, 5) is 22.3. The standard InChI is InChI=1S/C10H15N5O3/c11-10(18)15-3-1-14(2-4-15)8-5-7(9(16)17)12-6-13-8/h5-6,9,16-17H,1-4H2,(H2,11,18). The molecule has 0 unspecified atom stereocenters. The molecule has 0 bridgehead atoms. The number of aliphatic hydroxyl groups excluding tert-OH is 1. The summed E-state index contributed by atoms with van der Waals surface area (Å²) in [5.74, 6) is 0.609. The fourth-order valence-electron chi connectivity index (χ4n) is 1.83. The second-order valence-corrected chi connectivity index (χ2v) is 3.99. The number of anilines is 1. The lowest BCUT2D eigenvalue weighted by Crippen LogP contribution is -2.50. The molecule has 8 nitrogen and oxygen atoms in total. The van der Waals surface area contributed by atoms with Crippen LogP contribution in [0.15, 0.2) is 12.4 Å². The molecule has 1 aromatic rings. The van der Waals surface area contributed by atoms with E-state index in [0.29, 0.717) is 32.0 Å². The van der Waals surface area contributed by atoms with E-state index in [1.807, 2.05) is 4.90 Å². The third kappa shape index (κ3) is 2.66. The van der Waals surface area contributed by atoms with Gasteiger partial charge in [0.05, 0.1) is 0 Å². The molecule has 1 aliphatic rings. The Morgan fingerprint density at radius 1 is 1.28 bits per heavy atom. The zero-order valence-electron chi connectivity index (χ0n) is 9.73. The Morgan fingerprint density at radius 3 is 2.50 bits per heavy atom. The molecule has 2 amide bonds. The lowest BCUT2D eigenvalue weighted by Gasteiger charge is -2.34. The maximum atomic E-state index is 11.0. The van der Waals surface area contributed by atoms with Crippen molar-refractivity contribution in [3.63, 3.8) is 0 Å². The van der Waals surface area contributed by atoms with E-state index in [1.54, 1.807) is 4.90 Å². The van der Waals surface area contributed by atoms with Gasteiger partial charge >= 0.3 is 6.03 Å². The Kier molecular flexibility index (Phi) is 3.58. The van der Waals surface area contributed by atoms with Gasteiger partial charge in [-0.1, -0.05) is 0 Å². The highest BCUT2D eigenvalue weighted by Gasteiger charge is 2.20. The first-order valence-electron chi connectivity index (χ1n) is 5.55. The largest absolute Gasteiger partial charge is 0.363 e. The van der Waals surface area contributed by atoms with Crippen molar-refractivity contribution in [1.29, 1.82) is 0 Å². The minimum Gasteiger partial charge on any atom is -0.363 e. The number of piperazine rings is 1. The molecule has 2 heterocycles. The first-order chi connectivity index (χ1) is 8.58. The van der Waals surface area contributed by atoms with E-state index in [0.717, 1.165) is 0 Å². The molecule has 1 fully saturated rings.